The van der Waals surface area contributed by atoms with Crippen molar-refractivity contribution in [2.75, 3.05) is 0 Å². The van der Waals surface area contributed by atoms with E-state index in [1.807, 2.05) is 0 Å². The zero-order valence-electron chi connectivity index (χ0n) is 4.21. The molecule has 0 aromatic carbocycles. The predicted molar refractivity (Wildman–Crippen MR) is 44.5 cm³/mol. The van der Waals surface area contributed by atoms with Gasteiger partial charge in [0.15, 0.2) is 0 Å². The summed E-state index contributed by atoms with van der Waals surface area (Å²) in [6.07, 6.45) is 3.28. The van der Waals surface area contributed by atoms with Crippen molar-refractivity contribution < 1.29 is 0 Å². The van der Waals surface area contributed by atoms with Crippen LogP contribution >= 0.6 is 40.9 Å². The fourth-order valence-corrected chi connectivity index (χ4v) is 2.40. The zero-order chi connectivity index (χ0) is 6.69. The Morgan fingerprint density at radius 1 is 1.33 bits per heavy atom. The maximum absolute atomic E-state index is 4.00. The van der Waals surface area contributed by atoms with E-state index in [4.69, 9.17) is 0 Å². The summed E-state index contributed by atoms with van der Waals surface area (Å²) in [5, 5.41) is 0.845. The Bertz CT molecular complexity index is 206. The topological polar surface area (TPSA) is 25.8 Å². The molecule has 1 aromatic heterocycles. The average Bonchev–Trinajstić information content (AvgIpc) is 1.89. The van der Waals surface area contributed by atoms with Gasteiger partial charge in [-0.25, -0.2) is 9.97 Å². The van der Waals surface area contributed by atoms with Crippen LogP contribution in [0.4, 0.5) is 0 Å². The Morgan fingerprint density at radius 3 is 2.44 bits per heavy atom. The fourth-order valence-electron chi connectivity index (χ4n) is 0.360. The van der Waals surface area contributed by atoms with Gasteiger partial charge in [-0.1, -0.05) is 0 Å². The Balaban J connectivity index is 3.01. The minimum atomic E-state index is 0.770. The molecule has 0 saturated heterocycles. The van der Waals surface area contributed by atoms with Crippen LogP contribution in [0.1, 0.15) is 0 Å². The zero-order valence-corrected chi connectivity index (χ0v) is 8.20. The first-order chi connectivity index (χ1) is 4.34. The van der Waals surface area contributed by atoms with Crippen LogP contribution in [-0.4, -0.2) is 9.97 Å². The Hall–Kier alpha value is 0.390. The molecule has 0 saturated carbocycles. The molecule has 0 aliphatic rings. The van der Waals surface area contributed by atoms with Crippen LogP contribution in [0.25, 0.3) is 0 Å². The minimum Gasteiger partial charge on any atom is -0.245 e. The summed E-state index contributed by atoms with van der Waals surface area (Å²) in [6.45, 7) is 0. The highest BCUT2D eigenvalue weighted by atomic mass is 79.9. The lowest BCUT2D eigenvalue weighted by atomic mass is 10.8. The van der Waals surface area contributed by atoms with Gasteiger partial charge in [-0.05, 0) is 40.9 Å². The van der Waals surface area contributed by atoms with Crippen LogP contribution in [0.5, 0.6) is 0 Å². The van der Waals surface area contributed by atoms with Crippen molar-refractivity contribution in [3.8, 4) is 0 Å². The molecule has 0 spiro atoms. The summed E-state index contributed by atoms with van der Waals surface area (Å²) in [5.74, 6) is 0. The first-order valence-corrected chi connectivity index (χ1v) is 5.55. The van der Waals surface area contributed by atoms with Crippen molar-refractivity contribution in [2.24, 2.45) is 0 Å². The maximum atomic E-state index is 4.00. The largest absolute Gasteiger partial charge is 0.245 e. The Morgan fingerprint density at radius 2 is 2.00 bits per heavy atom. The molecule has 2 nitrogen and oxygen atoms in total. The summed E-state index contributed by atoms with van der Waals surface area (Å²) in [5.41, 5.74) is 0. The highest BCUT2D eigenvalue weighted by Gasteiger charge is 1.97. The first-order valence-electron chi connectivity index (χ1n) is 2.09. The Kier molecular flexibility index (Phi) is 2.94. The molecule has 0 amide bonds. The predicted octanol–water partition coefficient (Wildman–Crippen LogP) is 2.64. The summed E-state index contributed by atoms with van der Waals surface area (Å²) in [7, 11) is 1.39. The second kappa shape index (κ2) is 3.53. The molecular formula is C4H2Br2N2S. The monoisotopic (exact) mass is 268 g/mol. The molecule has 5 heteroatoms. The van der Waals surface area contributed by atoms with Crippen LogP contribution in [0.2, 0.25) is 0 Å². The molecule has 1 aromatic rings. The van der Waals surface area contributed by atoms with Crippen molar-refractivity contribution in [3.05, 3.63) is 17.0 Å². The highest BCUT2D eigenvalue weighted by molar-refractivity contribution is 9.50. The second-order valence-electron chi connectivity index (χ2n) is 1.23. The number of nitrogens with zero attached hydrogens (tertiary/aromatic N) is 2. The third-order valence-corrected chi connectivity index (χ3v) is 2.90. The molecule has 0 atom stereocenters. The minimum absolute atomic E-state index is 0.770. The lowest BCUT2D eigenvalue weighted by Crippen LogP contribution is -1.80. The van der Waals surface area contributed by atoms with Crippen LogP contribution in [-0.2, 0) is 0 Å². The molecule has 9 heavy (non-hydrogen) atoms. The molecule has 0 aliphatic heterocycles. The normalized spacial score (nSPS) is 9.56. The molecule has 0 bridgehead atoms. The van der Waals surface area contributed by atoms with Crippen molar-refractivity contribution in [1.29, 1.82) is 0 Å². The second-order valence-corrected chi connectivity index (χ2v) is 3.49. The van der Waals surface area contributed by atoms with Crippen LogP contribution in [0.15, 0.2) is 22.0 Å². The van der Waals surface area contributed by atoms with Gasteiger partial charge in [-0.2, -0.15) is 0 Å². The smallest absolute Gasteiger partial charge is 0.140 e. The standard InChI is InChI=1S/C4H2Br2N2S/c5-3-4(9-6)8-2-1-7-3/h1-2H. The Labute approximate surface area is 72.8 Å². The van der Waals surface area contributed by atoms with Gasteiger partial charge in [0, 0.05) is 12.4 Å². The summed E-state index contributed by atoms with van der Waals surface area (Å²) in [6, 6.07) is 0. The van der Waals surface area contributed by atoms with Gasteiger partial charge in [0.25, 0.3) is 0 Å². The SMILES string of the molecule is BrSc1nccnc1Br. The number of halogens is 2. The van der Waals surface area contributed by atoms with E-state index in [9.17, 15) is 0 Å². The quantitative estimate of drug-likeness (QED) is 0.784. The van der Waals surface area contributed by atoms with Crippen LogP contribution in [0.3, 0.4) is 0 Å². The van der Waals surface area contributed by atoms with E-state index >= 15 is 0 Å². The van der Waals surface area contributed by atoms with Gasteiger partial charge in [0.2, 0.25) is 0 Å². The number of hydrogen-bond donors (Lipinski definition) is 0. The maximum Gasteiger partial charge on any atom is 0.140 e. The molecule has 0 fully saturated rings. The van der Waals surface area contributed by atoms with E-state index in [0.717, 1.165) is 9.63 Å². The van der Waals surface area contributed by atoms with E-state index < -0.39 is 0 Å². The van der Waals surface area contributed by atoms with Crippen LogP contribution in [0, 0.1) is 0 Å². The van der Waals surface area contributed by atoms with Gasteiger partial charge in [-0.3, -0.25) is 0 Å². The van der Waals surface area contributed by atoms with Crippen LogP contribution < -0.4 is 0 Å². The molecule has 1 rings (SSSR count). The van der Waals surface area contributed by atoms with Crippen molar-refractivity contribution in [2.45, 2.75) is 5.03 Å². The van der Waals surface area contributed by atoms with Crippen molar-refractivity contribution in [1.82, 2.24) is 9.97 Å². The third-order valence-electron chi connectivity index (χ3n) is 0.696. The van der Waals surface area contributed by atoms with Gasteiger partial charge < -0.3 is 0 Å². The van der Waals surface area contributed by atoms with E-state index in [1.54, 1.807) is 12.4 Å². The fraction of sp³-hybridized carbons (Fsp3) is 0. The molecule has 0 N–H and O–H groups in total. The number of rotatable bonds is 1. The third kappa shape index (κ3) is 1.91. The lowest BCUT2D eigenvalue weighted by Gasteiger charge is -1.92. The molecule has 0 aliphatic carbocycles. The molecule has 0 radical (unpaired) electrons. The van der Waals surface area contributed by atoms with E-state index in [0.29, 0.717) is 0 Å². The molecular weight excluding hydrogens is 268 g/mol. The van der Waals surface area contributed by atoms with Gasteiger partial charge >= 0.3 is 0 Å². The van der Waals surface area contributed by atoms with E-state index in [2.05, 4.69) is 40.7 Å². The number of hydrogen-bond acceptors (Lipinski definition) is 3. The van der Waals surface area contributed by atoms with Crippen molar-refractivity contribution in [3.63, 3.8) is 0 Å². The van der Waals surface area contributed by atoms with E-state index in [-0.39, 0.29) is 0 Å². The van der Waals surface area contributed by atoms with Crippen molar-refractivity contribution >= 4 is 40.9 Å². The summed E-state index contributed by atoms with van der Waals surface area (Å²) >= 11 is 6.42. The first kappa shape index (κ1) is 7.50. The van der Waals surface area contributed by atoms with Gasteiger partial charge in [0.1, 0.15) is 9.63 Å². The number of aromatic nitrogens is 2. The average molecular weight is 270 g/mol. The molecule has 0 unspecified atom stereocenters. The highest BCUT2D eigenvalue weighted by Crippen LogP contribution is 2.26. The van der Waals surface area contributed by atoms with Gasteiger partial charge in [-0.15, -0.1) is 0 Å². The molecule has 48 valence electrons. The summed E-state index contributed by atoms with van der Waals surface area (Å²) in [4.78, 5) is 7.96. The van der Waals surface area contributed by atoms with Gasteiger partial charge in [0.05, 0.1) is 0 Å². The van der Waals surface area contributed by atoms with E-state index in [1.165, 1.54) is 10.2 Å². The lowest BCUT2D eigenvalue weighted by molar-refractivity contribution is 1.03. The molecule has 1 heterocycles. The summed E-state index contributed by atoms with van der Waals surface area (Å²) < 4.78 is 0.770.